The largest absolute Gasteiger partial charge is 0.491 e. The topological polar surface area (TPSA) is 50.4 Å². The first-order chi connectivity index (χ1) is 11.1. The number of aromatic amines is 1. The molecule has 0 unspecified atom stereocenters. The van der Waals surface area contributed by atoms with Gasteiger partial charge in [-0.05, 0) is 32.4 Å². The molecule has 2 heterocycles. The molecule has 0 bridgehead atoms. The summed E-state index contributed by atoms with van der Waals surface area (Å²) >= 11 is 0. The summed E-state index contributed by atoms with van der Waals surface area (Å²) in [5.41, 5.74) is 3.29. The lowest BCUT2D eigenvalue weighted by Gasteiger charge is -2.28. The second kappa shape index (κ2) is 6.72. The van der Waals surface area contributed by atoms with E-state index in [0.717, 1.165) is 43.2 Å². The maximum Gasteiger partial charge on any atom is 0.119 e. The molecule has 0 aliphatic carbocycles. The molecule has 1 N–H and O–H groups in total. The Hall–Kier alpha value is -1.85. The number of H-pyrrole nitrogens is 1. The maximum atomic E-state index is 5.94. The number of hydrogen-bond donors (Lipinski definition) is 1. The van der Waals surface area contributed by atoms with Gasteiger partial charge < -0.3 is 9.47 Å². The van der Waals surface area contributed by atoms with Gasteiger partial charge in [0.2, 0.25) is 0 Å². The Morgan fingerprint density at radius 1 is 1.26 bits per heavy atom. The van der Waals surface area contributed by atoms with Crippen LogP contribution in [0.2, 0.25) is 0 Å². The standard InChI is InChI=1S/C18H25N3O2/c1-14-17(15(2)20-19-14)11-21-10-9-18(12-21,22-3)13-23-16-7-5-4-6-8-16/h4-8H,9-13H2,1-3H3,(H,19,20)/t18-/m1/s1. The third kappa shape index (κ3) is 3.57. The van der Waals surface area contributed by atoms with Crippen LogP contribution in [0.3, 0.4) is 0 Å². The second-order valence-corrected chi connectivity index (χ2v) is 6.36. The van der Waals surface area contributed by atoms with Crippen LogP contribution in [0.5, 0.6) is 5.75 Å². The Balaban J connectivity index is 1.61. The van der Waals surface area contributed by atoms with Crippen molar-refractivity contribution >= 4 is 0 Å². The second-order valence-electron chi connectivity index (χ2n) is 6.36. The SMILES string of the molecule is CO[C@]1(COc2ccccc2)CCN(Cc2c(C)n[nH]c2C)C1. The van der Waals surface area contributed by atoms with Gasteiger partial charge in [0.25, 0.3) is 0 Å². The van der Waals surface area contributed by atoms with Crippen LogP contribution in [0.4, 0.5) is 0 Å². The van der Waals surface area contributed by atoms with Gasteiger partial charge in [0.15, 0.2) is 0 Å². The Morgan fingerprint density at radius 3 is 2.70 bits per heavy atom. The van der Waals surface area contributed by atoms with Gasteiger partial charge in [-0.3, -0.25) is 10.00 Å². The van der Waals surface area contributed by atoms with Crippen molar-refractivity contribution in [1.29, 1.82) is 0 Å². The zero-order valence-electron chi connectivity index (χ0n) is 14.1. The normalized spacial score (nSPS) is 21.7. The van der Waals surface area contributed by atoms with E-state index >= 15 is 0 Å². The molecule has 5 nitrogen and oxygen atoms in total. The minimum atomic E-state index is -0.235. The Morgan fingerprint density at radius 2 is 2.04 bits per heavy atom. The molecule has 0 radical (unpaired) electrons. The van der Waals surface area contributed by atoms with Crippen molar-refractivity contribution in [2.75, 3.05) is 26.8 Å². The first-order valence-corrected chi connectivity index (χ1v) is 8.08. The number of nitrogens with zero attached hydrogens (tertiary/aromatic N) is 2. The molecule has 2 aromatic rings. The van der Waals surface area contributed by atoms with Crippen LogP contribution in [-0.2, 0) is 11.3 Å². The quantitative estimate of drug-likeness (QED) is 0.890. The Bertz CT molecular complexity index is 621. The van der Waals surface area contributed by atoms with Crippen molar-refractivity contribution in [2.45, 2.75) is 32.4 Å². The van der Waals surface area contributed by atoms with Crippen molar-refractivity contribution in [3.8, 4) is 5.75 Å². The van der Waals surface area contributed by atoms with E-state index in [2.05, 4.69) is 28.9 Å². The number of aromatic nitrogens is 2. The number of ether oxygens (including phenoxy) is 2. The van der Waals surface area contributed by atoms with Crippen molar-refractivity contribution < 1.29 is 9.47 Å². The highest BCUT2D eigenvalue weighted by molar-refractivity contribution is 5.23. The molecule has 124 valence electrons. The summed E-state index contributed by atoms with van der Waals surface area (Å²) in [4.78, 5) is 2.42. The smallest absolute Gasteiger partial charge is 0.119 e. The first-order valence-electron chi connectivity index (χ1n) is 8.08. The van der Waals surface area contributed by atoms with Crippen LogP contribution in [0.15, 0.2) is 30.3 Å². The number of rotatable bonds is 6. The van der Waals surface area contributed by atoms with E-state index in [9.17, 15) is 0 Å². The summed E-state index contributed by atoms with van der Waals surface area (Å²) in [5, 5.41) is 7.34. The number of likely N-dealkylation sites (tertiary alicyclic amines) is 1. The average Bonchev–Trinajstić information content (AvgIpc) is 3.13. The van der Waals surface area contributed by atoms with Crippen molar-refractivity contribution in [3.63, 3.8) is 0 Å². The van der Waals surface area contributed by atoms with Gasteiger partial charge >= 0.3 is 0 Å². The monoisotopic (exact) mass is 315 g/mol. The minimum Gasteiger partial charge on any atom is -0.491 e. The summed E-state index contributed by atoms with van der Waals surface area (Å²) in [7, 11) is 1.78. The zero-order valence-corrected chi connectivity index (χ0v) is 14.1. The van der Waals surface area contributed by atoms with Crippen LogP contribution in [-0.4, -0.2) is 47.5 Å². The van der Waals surface area contributed by atoms with E-state index in [0.29, 0.717) is 6.61 Å². The Labute approximate surface area is 137 Å². The van der Waals surface area contributed by atoms with E-state index < -0.39 is 0 Å². The molecule has 1 aliphatic heterocycles. The highest BCUT2D eigenvalue weighted by Gasteiger charge is 2.39. The van der Waals surface area contributed by atoms with Gasteiger partial charge in [0.1, 0.15) is 18.0 Å². The molecule has 1 aromatic heterocycles. The van der Waals surface area contributed by atoms with Crippen LogP contribution in [0.1, 0.15) is 23.4 Å². The van der Waals surface area contributed by atoms with Gasteiger partial charge in [-0.15, -0.1) is 0 Å². The third-order valence-corrected chi connectivity index (χ3v) is 4.74. The predicted octanol–water partition coefficient (Wildman–Crippen LogP) is 2.70. The zero-order chi connectivity index (χ0) is 16.3. The maximum absolute atomic E-state index is 5.94. The number of nitrogens with one attached hydrogen (secondary N) is 1. The first kappa shape index (κ1) is 16.0. The fourth-order valence-electron chi connectivity index (χ4n) is 3.17. The number of benzene rings is 1. The highest BCUT2D eigenvalue weighted by atomic mass is 16.5. The molecule has 23 heavy (non-hydrogen) atoms. The van der Waals surface area contributed by atoms with E-state index in [4.69, 9.17) is 9.47 Å². The van der Waals surface area contributed by atoms with E-state index in [1.54, 1.807) is 7.11 Å². The van der Waals surface area contributed by atoms with E-state index in [1.807, 2.05) is 30.3 Å². The van der Waals surface area contributed by atoms with Crippen LogP contribution in [0.25, 0.3) is 0 Å². The van der Waals surface area contributed by atoms with Gasteiger partial charge in [-0.25, -0.2) is 0 Å². The van der Waals surface area contributed by atoms with Gasteiger partial charge in [-0.2, -0.15) is 5.10 Å². The molecule has 1 saturated heterocycles. The number of aryl methyl sites for hydroxylation is 2. The van der Waals surface area contributed by atoms with Gasteiger partial charge in [-0.1, -0.05) is 18.2 Å². The molecule has 1 aliphatic rings. The number of para-hydroxylation sites is 1. The molecule has 0 amide bonds. The van der Waals surface area contributed by atoms with Gasteiger partial charge in [0.05, 0.1) is 5.69 Å². The average molecular weight is 315 g/mol. The molecule has 0 spiro atoms. The van der Waals surface area contributed by atoms with E-state index in [-0.39, 0.29) is 5.60 Å². The lowest BCUT2D eigenvalue weighted by molar-refractivity contribution is -0.0359. The highest BCUT2D eigenvalue weighted by Crippen LogP contribution is 2.28. The predicted molar refractivity (Wildman–Crippen MR) is 89.6 cm³/mol. The lowest BCUT2D eigenvalue weighted by Crippen LogP contribution is -2.41. The Kier molecular flexibility index (Phi) is 4.68. The summed E-state index contributed by atoms with van der Waals surface area (Å²) < 4.78 is 11.8. The summed E-state index contributed by atoms with van der Waals surface area (Å²) in [6.45, 7) is 7.50. The molecule has 1 fully saturated rings. The van der Waals surface area contributed by atoms with Crippen molar-refractivity contribution in [3.05, 3.63) is 47.3 Å². The van der Waals surface area contributed by atoms with Crippen LogP contribution in [0, 0.1) is 13.8 Å². The van der Waals surface area contributed by atoms with Crippen LogP contribution < -0.4 is 4.74 Å². The van der Waals surface area contributed by atoms with Crippen molar-refractivity contribution in [2.24, 2.45) is 0 Å². The number of methoxy groups -OCH3 is 1. The molecule has 1 aromatic carbocycles. The summed E-state index contributed by atoms with van der Waals surface area (Å²) in [6.07, 6.45) is 0.978. The summed E-state index contributed by atoms with van der Waals surface area (Å²) in [6, 6.07) is 9.93. The fourth-order valence-corrected chi connectivity index (χ4v) is 3.17. The summed E-state index contributed by atoms with van der Waals surface area (Å²) in [5.74, 6) is 0.892. The van der Waals surface area contributed by atoms with Crippen molar-refractivity contribution in [1.82, 2.24) is 15.1 Å². The minimum absolute atomic E-state index is 0.235. The van der Waals surface area contributed by atoms with Crippen LogP contribution >= 0.6 is 0 Å². The third-order valence-electron chi connectivity index (χ3n) is 4.74. The molecule has 3 rings (SSSR count). The molecule has 1 atom stereocenters. The fraction of sp³-hybridized carbons (Fsp3) is 0.500. The van der Waals surface area contributed by atoms with Gasteiger partial charge in [0, 0.05) is 38.0 Å². The molecule has 0 saturated carbocycles. The molecule has 5 heteroatoms. The molecular weight excluding hydrogens is 290 g/mol. The number of hydrogen-bond acceptors (Lipinski definition) is 4. The lowest BCUT2D eigenvalue weighted by atomic mass is 10.0. The molecular formula is C18H25N3O2. The van der Waals surface area contributed by atoms with E-state index in [1.165, 1.54) is 5.56 Å².